The minimum atomic E-state index is -0.918. The van der Waals surface area contributed by atoms with Gasteiger partial charge >= 0.3 is 0 Å². The Morgan fingerprint density at radius 3 is 2.61 bits per heavy atom. The summed E-state index contributed by atoms with van der Waals surface area (Å²) in [6.45, 7) is 6.31. The molecule has 0 bridgehead atoms. The van der Waals surface area contributed by atoms with Gasteiger partial charge in [-0.2, -0.15) is 0 Å². The van der Waals surface area contributed by atoms with Crippen molar-refractivity contribution in [3.05, 3.63) is 35.4 Å². The lowest BCUT2D eigenvalue weighted by Gasteiger charge is -2.20. The van der Waals surface area contributed by atoms with Crippen molar-refractivity contribution in [3.63, 3.8) is 0 Å². The minimum absolute atomic E-state index is 0.00884. The van der Waals surface area contributed by atoms with Gasteiger partial charge in [0.15, 0.2) is 0 Å². The Morgan fingerprint density at radius 2 is 2.06 bits per heavy atom. The van der Waals surface area contributed by atoms with Crippen LogP contribution in [0.5, 0.6) is 0 Å². The first-order valence-corrected chi connectivity index (χ1v) is 6.44. The number of hydrogen-bond acceptors (Lipinski definition) is 2. The Balaban J connectivity index is 2.87. The third-order valence-electron chi connectivity index (χ3n) is 3.01. The van der Waals surface area contributed by atoms with Gasteiger partial charge in [0.2, 0.25) is 0 Å². The fourth-order valence-corrected chi connectivity index (χ4v) is 1.75. The van der Waals surface area contributed by atoms with Gasteiger partial charge in [0, 0.05) is 19.2 Å². The van der Waals surface area contributed by atoms with E-state index in [1.165, 1.54) is 0 Å². The van der Waals surface area contributed by atoms with E-state index in [2.05, 4.69) is 6.92 Å². The van der Waals surface area contributed by atoms with E-state index < -0.39 is 5.60 Å². The summed E-state index contributed by atoms with van der Waals surface area (Å²) >= 11 is 0. The lowest BCUT2D eigenvalue weighted by atomic mass is 9.96. The van der Waals surface area contributed by atoms with Crippen molar-refractivity contribution in [1.29, 1.82) is 0 Å². The number of benzene rings is 1. The molecule has 3 heteroatoms. The molecule has 1 amide bonds. The lowest BCUT2D eigenvalue weighted by molar-refractivity contribution is 0.0770. The predicted molar refractivity (Wildman–Crippen MR) is 73.6 cm³/mol. The highest BCUT2D eigenvalue weighted by atomic mass is 16.3. The van der Waals surface area contributed by atoms with Gasteiger partial charge in [0.05, 0.1) is 5.60 Å². The zero-order valence-electron chi connectivity index (χ0n) is 11.7. The molecule has 0 saturated carbocycles. The van der Waals surface area contributed by atoms with E-state index in [0.29, 0.717) is 5.56 Å². The summed E-state index contributed by atoms with van der Waals surface area (Å²) in [5.74, 6) is 0.00884. The number of unbranched alkanes of at least 4 members (excludes halogenated alkanes) is 1. The SMILES string of the molecule is CCCCN(C)C(=O)c1cccc(C(C)(C)O)c1. The molecule has 1 aromatic carbocycles. The normalized spacial score (nSPS) is 11.4. The zero-order valence-corrected chi connectivity index (χ0v) is 11.7. The number of carbonyl (C=O) groups excluding carboxylic acids is 1. The largest absolute Gasteiger partial charge is 0.386 e. The van der Waals surface area contributed by atoms with Crippen molar-refractivity contribution in [1.82, 2.24) is 4.90 Å². The third-order valence-corrected chi connectivity index (χ3v) is 3.01. The second kappa shape index (κ2) is 6.01. The third kappa shape index (κ3) is 3.84. The molecular formula is C15H23NO2. The summed E-state index contributed by atoms with van der Waals surface area (Å²) in [6.07, 6.45) is 2.08. The maximum absolute atomic E-state index is 12.2. The van der Waals surface area contributed by atoms with Gasteiger partial charge in [-0.3, -0.25) is 4.79 Å². The van der Waals surface area contributed by atoms with Crippen molar-refractivity contribution < 1.29 is 9.90 Å². The summed E-state index contributed by atoms with van der Waals surface area (Å²) in [7, 11) is 1.81. The standard InChI is InChI=1S/C15H23NO2/c1-5-6-10-16(4)14(17)12-8-7-9-13(11-12)15(2,3)18/h7-9,11,18H,5-6,10H2,1-4H3. The zero-order chi connectivity index (χ0) is 13.8. The van der Waals surface area contributed by atoms with Gasteiger partial charge in [-0.15, -0.1) is 0 Å². The summed E-state index contributed by atoms with van der Waals surface area (Å²) in [5, 5.41) is 9.95. The van der Waals surface area contributed by atoms with E-state index in [0.717, 1.165) is 24.9 Å². The molecule has 0 heterocycles. The molecule has 1 rings (SSSR count). The van der Waals surface area contributed by atoms with Crippen LogP contribution >= 0.6 is 0 Å². The molecule has 0 aliphatic heterocycles. The van der Waals surface area contributed by atoms with E-state index in [9.17, 15) is 9.90 Å². The quantitative estimate of drug-likeness (QED) is 0.871. The average Bonchev–Trinajstić information content (AvgIpc) is 2.34. The first-order chi connectivity index (χ1) is 8.36. The Bertz CT molecular complexity index is 407. The van der Waals surface area contributed by atoms with E-state index in [-0.39, 0.29) is 5.91 Å². The van der Waals surface area contributed by atoms with Crippen LogP contribution in [0.3, 0.4) is 0 Å². The second-order valence-corrected chi connectivity index (χ2v) is 5.22. The average molecular weight is 249 g/mol. The molecule has 0 aliphatic rings. The molecule has 3 nitrogen and oxygen atoms in total. The minimum Gasteiger partial charge on any atom is -0.386 e. The predicted octanol–water partition coefficient (Wildman–Crippen LogP) is 2.79. The molecule has 18 heavy (non-hydrogen) atoms. The molecule has 0 fully saturated rings. The number of amides is 1. The number of aliphatic hydroxyl groups is 1. The molecule has 0 unspecified atom stereocenters. The highest BCUT2D eigenvalue weighted by Crippen LogP contribution is 2.20. The monoisotopic (exact) mass is 249 g/mol. The first-order valence-electron chi connectivity index (χ1n) is 6.44. The van der Waals surface area contributed by atoms with Crippen LogP contribution in [0, 0.1) is 0 Å². The fraction of sp³-hybridized carbons (Fsp3) is 0.533. The summed E-state index contributed by atoms with van der Waals surface area (Å²) < 4.78 is 0. The summed E-state index contributed by atoms with van der Waals surface area (Å²) in [6, 6.07) is 7.21. The molecule has 100 valence electrons. The van der Waals surface area contributed by atoms with Crippen molar-refractivity contribution in [2.75, 3.05) is 13.6 Å². The Hall–Kier alpha value is -1.35. The van der Waals surface area contributed by atoms with Gasteiger partial charge in [0.25, 0.3) is 5.91 Å². The molecule has 1 N–H and O–H groups in total. The maximum Gasteiger partial charge on any atom is 0.253 e. The highest BCUT2D eigenvalue weighted by Gasteiger charge is 2.18. The van der Waals surface area contributed by atoms with Crippen LogP contribution in [0.2, 0.25) is 0 Å². The van der Waals surface area contributed by atoms with Crippen LogP contribution in [0.15, 0.2) is 24.3 Å². The van der Waals surface area contributed by atoms with Gasteiger partial charge < -0.3 is 10.0 Å². The van der Waals surface area contributed by atoms with Crippen LogP contribution in [0.25, 0.3) is 0 Å². The van der Waals surface area contributed by atoms with Crippen molar-refractivity contribution in [2.45, 2.75) is 39.2 Å². The van der Waals surface area contributed by atoms with Gasteiger partial charge in [0.1, 0.15) is 0 Å². The maximum atomic E-state index is 12.2. The van der Waals surface area contributed by atoms with E-state index in [1.807, 2.05) is 19.2 Å². The molecule has 0 aliphatic carbocycles. The summed E-state index contributed by atoms with van der Waals surface area (Å²) in [4.78, 5) is 13.9. The molecule has 0 spiro atoms. The van der Waals surface area contributed by atoms with Crippen LogP contribution in [0.4, 0.5) is 0 Å². The lowest BCUT2D eigenvalue weighted by Crippen LogP contribution is -2.28. The van der Waals surface area contributed by atoms with Crippen LogP contribution < -0.4 is 0 Å². The van der Waals surface area contributed by atoms with Gasteiger partial charge in [-0.1, -0.05) is 25.5 Å². The van der Waals surface area contributed by atoms with E-state index in [4.69, 9.17) is 0 Å². The van der Waals surface area contributed by atoms with E-state index >= 15 is 0 Å². The fourth-order valence-electron chi connectivity index (χ4n) is 1.75. The van der Waals surface area contributed by atoms with Crippen LogP contribution in [0.1, 0.15) is 49.5 Å². The van der Waals surface area contributed by atoms with Crippen molar-refractivity contribution in [2.24, 2.45) is 0 Å². The molecule has 0 aromatic heterocycles. The van der Waals surface area contributed by atoms with E-state index in [1.54, 1.807) is 30.9 Å². The van der Waals surface area contributed by atoms with Gasteiger partial charge in [-0.05, 0) is 38.0 Å². The Kier molecular flexibility index (Phi) is 4.91. The number of carbonyl (C=O) groups is 1. The second-order valence-electron chi connectivity index (χ2n) is 5.22. The number of hydrogen-bond donors (Lipinski definition) is 1. The Labute approximate surface area is 109 Å². The number of rotatable bonds is 5. The smallest absolute Gasteiger partial charge is 0.253 e. The molecule has 1 aromatic rings. The topological polar surface area (TPSA) is 40.5 Å². The molecule has 0 atom stereocenters. The molecular weight excluding hydrogens is 226 g/mol. The first kappa shape index (κ1) is 14.7. The summed E-state index contributed by atoms with van der Waals surface area (Å²) in [5.41, 5.74) is 0.476. The van der Waals surface area contributed by atoms with Crippen molar-refractivity contribution >= 4 is 5.91 Å². The van der Waals surface area contributed by atoms with Crippen LogP contribution in [-0.2, 0) is 5.60 Å². The molecule has 0 saturated heterocycles. The Morgan fingerprint density at radius 1 is 1.39 bits per heavy atom. The van der Waals surface area contributed by atoms with Gasteiger partial charge in [-0.25, -0.2) is 0 Å². The van der Waals surface area contributed by atoms with Crippen LogP contribution in [-0.4, -0.2) is 29.5 Å². The highest BCUT2D eigenvalue weighted by molar-refractivity contribution is 5.94. The molecule has 0 radical (unpaired) electrons. The number of nitrogens with zero attached hydrogens (tertiary/aromatic N) is 1. The van der Waals surface area contributed by atoms with Crippen molar-refractivity contribution in [3.8, 4) is 0 Å².